The molecule has 0 fully saturated rings. The van der Waals surface area contributed by atoms with E-state index >= 15 is 0 Å². The Hall–Kier alpha value is -2.10. The first-order valence-corrected chi connectivity index (χ1v) is 6.84. The van der Waals surface area contributed by atoms with Crippen LogP contribution in [0, 0.1) is 6.92 Å². The molecular formula is C16H18N2O2. The third-order valence-electron chi connectivity index (χ3n) is 4.35. The number of aryl methyl sites for hydroxylation is 3. The van der Waals surface area contributed by atoms with Crippen molar-refractivity contribution in [2.24, 2.45) is 7.05 Å². The van der Waals surface area contributed by atoms with E-state index in [9.17, 15) is 9.90 Å². The molecule has 1 unspecified atom stereocenters. The Labute approximate surface area is 118 Å². The highest BCUT2D eigenvalue weighted by Gasteiger charge is 2.45. The van der Waals surface area contributed by atoms with Gasteiger partial charge in [-0.15, -0.1) is 0 Å². The van der Waals surface area contributed by atoms with E-state index in [1.54, 1.807) is 4.68 Å². The van der Waals surface area contributed by atoms with Crippen molar-refractivity contribution in [2.45, 2.75) is 31.6 Å². The summed E-state index contributed by atoms with van der Waals surface area (Å²) in [7, 11) is 1.87. The highest BCUT2D eigenvalue weighted by molar-refractivity contribution is 5.83. The number of benzene rings is 1. The Bertz CT molecular complexity index is 675. The number of nitrogens with zero attached hydrogens (tertiary/aromatic N) is 2. The van der Waals surface area contributed by atoms with E-state index in [0.717, 1.165) is 28.9 Å². The summed E-state index contributed by atoms with van der Waals surface area (Å²) in [4.78, 5) is 12.0. The number of aliphatic carboxylic acids is 1. The summed E-state index contributed by atoms with van der Waals surface area (Å²) in [5, 5.41) is 14.2. The fourth-order valence-electron chi connectivity index (χ4n) is 3.31. The van der Waals surface area contributed by atoms with Crippen LogP contribution in [-0.4, -0.2) is 20.9 Å². The molecule has 0 spiro atoms. The Morgan fingerprint density at radius 3 is 2.85 bits per heavy atom. The monoisotopic (exact) mass is 270 g/mol. The predicted molar refractivity (Wildman–Crippen MR) is 75.7 cm³/mol. The number of hydrogen-bond donors (Lipinski definition) is 1. The van der Waals surface area contributed by atoms with Gasteiger partial charge in [0.1, 0.15) is 0 Å². The van der Waals surface area contributed by atoms with Gasteiger partial charge in [-0.2, -0.15) is 5.10 Å². The van der Waals surface area contributed by atoms with Crippen LogP contribution in [0.1, 0.15) is 28.9 Å². The molecule has 20 heavy (non-hydrogen) atoms. The molecular weight excluding hydrogens is 252 g/mol. The van der Waals surface area contributed by atoms with Crippen molar-refractivity contribution in [3.05, 3.63) is 52.8 Å². The average Bonchev–Trinajstić information content (AvgIpc) is 2.92. The lowest BCUT2D eigenvalue weighted by Crippen LogP contribution is -2.36. The van der Waals surface area contributed by atoms with Crippen LogP contribution in [0.3, 0.4) is 0 Å². The average molecular weight is 270 g/mol. The quantitative estimate of drug-likeness (QED) is 0.930. The molecule has 4 heteroatoms. The van der Waals surface area contributed by atoms with Gasteiger partial charge in [0.2, 0.25) is 0 Å². The van der Waals surface area contributed by atoms with Crippen LogP contribution in [0.25, 0.3) is 0 Å². The number of aromatic nitrogens is 2. The van der Waals surface area contributed by atoms with Gasteiger partial charge in [0.05, 0.1) is 11.1 Å². The molecule has 3 rings (SSSR count). The Morgan fingerprint density at radius 1 is 1.45 bits per heavy atom. The molecule has 0 amide bonds. The highest BCUT2D eigenvalue weighted by Crippen LogP contribution is 2.41. The summed E-state index contributed by atoms with van der Waals surface area (Å²) in [6.45, 7) is 1.93. The van der Waals surface area contributed by atoms with Gasteiger partial charge in [-0.05, 0) is 37.0 Å². The molecule has 1 aromatic heterocycles. The smallest absolute Gasteiger partial charge is 0.314 e. The Kier molecular flexibility index (Phi) is 2.89. The lowest BCUT2D eigenvalue weighted by molar-refractivity contribution is -0.143. The van der Waals surface area contributed by atoms with E-state index in [2.05, 4.69) is 5.10 Å². The molecule has 1 aliphatic carbocycles. The van der Waals surface area contributed by atoms with E-state index in [4.69, 9.17) is 0 Å². The fourth-order valence-corrected chi connectivity index (χ4v) is 3.31. The normalized spacial score (nSPS) is 20.9. The molecule has 4 nitrogen and oxygen atoms in total. The maximum Gasteiger partial charge on any atom is 0.314 e. The van der Waals surface area contributed by atoms with Crippen molar-refractivity contribution in [3.63, 3.8) is 0 Å². The van der Waals surface area contributed by atoms with Crippen LogP contribution >= 0.6 is 0 Å². The van der Waals surface area contributed by atoms with Gasteiger partial charge in [0.25, 0.3) is 0 Å². The zero-order valence-electron chi connectivity index (χ0n) is 11.8. The second kappa shape index (κ2) is 4.47. The van der Waals surface area contributed by atoms with E-state index in [1.165, 1.54) is 0 Å². The van der Waals surface area contributed by atoms with Crippen molar-refractivity contribution in [3.8, 4) is 0 Å². The van der Waals surface area contributed by atoms with Crippen LogP contribution in [0.5, 0.6) is 0 Å². The number of hydrogen-bond acceptors (Lipinski definition) is 2. The number of fused-ring (bicyclic) bond motifs is 1. The van der Waals surface area contributed by atoms with Crippen LogP contribution in [0.2, 0.25) is 0 Å². The summed E-state index contributed by atoms with van der Waals surface area (Å²) in [6.07, 6.45) is 1.99. The summed E-state index contributed by atoms with van der Waals surface area (Å²) in [5.74, 6) is -0.735. The standard InChI is InChI=1S/C16H18N2O2/c1-11-9-13(18(2)17-11)10-16(15(19)20)8-7-12-5-3-4-6-14(12)16/h3-6,9H,7-8,10H2,1-2H3,(H,19,20). The molecule has 0 aliphatic heterocycles. The summed E-state index contributed by atoms with van der Waals surface area (Å²) >= 11 is 0. The van der Waals surface area contributed by atoms with E-state index in [1.807, 2.05) is 44.3 Å². The minimum atomic E-state index is -0.809. The fraction of sp³-hybridized carbons (Fsp3) is 0.375. The topological polar surface area (TPSA) is 55.1 Å². The van der Waals surface area contributed by atoms with Crippen molar-refractivity contribution < 1.29 is 9.90 Å². The molecule has 0 saturated heterocycles. The molecule has 0 bridgehead atoms. The third kappa shape index (κ3) is 1.83. The summed E-state index contributed by atoms with van der Waals surface area (Å²) in [6, 6.07) is 9.88. The summed E-state index contributed by atoms with van der Waals surface area (Å²) in [5.41, 5.74) is 3.22. The lowest BCUT2D eigenvalue weighted by atomic mass is 9.78. The van der Waals surface area contributed by atoms with E-state index in [-0.39, 0.29) is 0 Å². The zero-order valence-corrected chi connectivity index (χ0v) is 11.8. The van der Waals surface area contributed by atoms with Crippen molar-refractivity contribution in [1.82, 2.24) is 9.78 Å². The molecule has 2 aromatic rings. The highest BCUT2D eigenvalue weighted by atomic mass is 16.4. The number of rotatable bonds is 3. The minimum Gasteiger partial charge on any atom is -0.481 e. The predicted octanol–water partition coefficient (Wildman–Crippen LogP) is 2.24. The largest absolute Gasteiger partial charge is 0.481 e. The van der Waals surface area contributed by atoms with Crippen molar-refractivity contribution in [2.75, 3.05) is 0 Å². The van der Waals surface area contributed by atoms with Gasteiger partial charge in [0.15, 0.2) is 0 Å². The van der Waals surface area contributed by atoms with Gasteiger partial charge in [0, 0.05) is 19.2 Å². The maximum absolute atomic E-state index is 12.0. The summed E-state index contributed by atoms with van der Waals surface area (Å²) < 4.78 is 1.79. The Morgan fingerprint density at radius 2 is 2.20 bits per heavy atom. The third-order valence-corrected chi connectivity index (χ3v) is 4.35. The molecule has 104 valence electrons. The SMILES string of the molecule is Cc1cc(CC2(C(=O)O)CCc3ccccc32)n(C)n1. The van der Waals surface area contributed by atoms with Crippen LogP contribution in [0.15, 0.2) is 30.3 Å². The Balaban J connectivity index is 2.07. The molecule has 1 heterocycles. The second-order valence-electron chi connectivity index (χ2n) is 5.62. The molecule has 0 radical (unpaired) electrons. The van der Waals surface area contributed by atoms with Gasteiger partial charge < -0.3 is 5.11 Å². The number of carboxylic acids is 1. The minimum absolute atomic E-state index is 0.497. The number of carboxylic acid groups (broad SMARTS) is 1. The van der Waals surface area contributed by atoms with Gasteiger partial charge in [-0.1, -0.05) is 24.3 Å². The van der Waals surface area contributed by atoms with Crippen LogP contribution in [-0.2, 0) is 30.1 Å². The molecule has 1 aromatic carbocycles. The second-order valence-corrected chi connectivity index (χ2v) is 5.62. The van der Waals surface area contributed by atoms with Crippen molar-refractivity contribution in [1.29, 1.82) is 0 Å². The first kappa shape index (κ1) is 12.9. The van der Waals surface area contributed by atoms with Gasteiger partial charge in [-0.3, -0.25) is 9.48 Å². The van der Waals surface area contributed by atoms with E-state index < -0.39 is 11.4 Å². The van der Waals surface area contributed by atoms with Crippen LogP contribution < -0.4 is 0 Å². The first-order chi connectivity index (χ1) is 9.53. The first-order valence-electron chi connectivity index (χ1n) is 6.84. The van der Waals surface area contributed by atoms with E-state index in [0.29, 0.717) is 12.8 Å². The number of carbonyl (C=O) groups is 1. The molecule has 1 aliphatic rings. The van der Waals surface area contributed by atoms with Gasteiger partial charge in [-0.25, -0.2) is 0 Å². The maximum atomic E-state index is 12.0. The van der Waals surface area contributed by atoms with Crippen LogP contribution in [0.4, 0.5) is 0 Å². The van der Waals surface area contributed by atoms with Crippen molar-refractivity contribution >= 4 is 5.97 Å². The molecule has 1 atom stereocenters. The zero-order chi connectivity index (χ0) is 14.3. The lowest BCUT2D eigenvalue weighted by Gasteiger charge is -2.25. The molecule has 0 saturated carbocycles. The van der Waals surface area contributed by atoms with Gasteiger partial charge >= 0.3 is 5.97 Å². The molecule has 1 N–H and O–H groups in total.